The van der Waals surface area contributed by atoms with Crippen LogP contribution in [0.1, 0.15) is 24.6 Å². The molecule has 1 unspecified atom stereocenters. The normalized spacial score (nSPS) is 17.4. The highest BCUT2D eigenvalue weighted by Gasteiger charge is 2.23. The van der Waals surface area contributed by atoms with Crippen LogP contribution in [0.25, 0.3) is 0 Å². The summed E-state index contributed by atoms with van der Waals surface area (Å²) >= 11 is 0. The molecular formula is C21H29N5. The van der Waals surface area contributed by atoms with Gasteiger partial charge in [0, 0.05) is 49.8 Å². The molecule has 0 bridgehead atoms. The zero-order valence-corrected chi connectivity index (χ0v) is 15.8. The van der Waals surface area contributed by atoms with Crippen LogP contribution in [0.4, 0.5) is 5.69 Å². The highest BCUT2D eigenvalue weighted by Crippen LogP contribution is 2.19. The number of nitrogens with zero attached hydrogens (tertiary/aromatic N) is 3. The summed E-state index contributed by atoms with van der Waals surface area (Å²) in [5.41, 5.74) is 3.58. The summed E-state index contributed by atoms with van der Waals surface area (Å²) < 4.78 is 0. The van der Waals surface area contributed by atoms with Gasteiger partial charge in [-0.15, -0.1) is 0 Å². The molecule has 3 rings (SSSR count). The van der Waals surface area contributed by atoms with Gasteiger partial charge in [-0.2, -0.15) is 0 Å². The van der Waals surface area contributed by atoms with Crippen molar-refractivity contribution in [3.8, 4) is 0 Å². The first-order valence-electron chi connectivity index (χ1n) is 9.51. The maximum absolute atomic E-state index is 4.74. The van der Waals surface area contributed by atoms with Gasteiger partial charge in [-0.05, 0) is 50.5 Å². The van der Waals surface area contributed by atoms with Gasteiger partial charge in [0.25, 0.3) is 0 Å². The lowest BCUT2D eigenvalue weighted by molar-refractivity contribution is 0.649. The van der Waals surface area contributed by atoms with Crippen LogP contribution in [0.15, 0.2) is 53.7 Å². The summed E-state index contributed by atoms with van der Waals surface area (Å²) in [4.78, 5) is 11.5. The predicted octanol–water partition coefficient (Wildman–Crippen LogP) is 2.77. The van der Waals surface area contributed by atoms with Gasteiger partial charge in [0.05, 0.1) is 0 Å². The molecule has 1 atom stereocenters. The second-order valence-corrected chi connectivity index (χ2v) is 6.73. The molecule has 0 amide bonds. The molecule has 1 fully saturated rings. The molecule has 2 aromatic rings. The molecule has 2 N–H and O–H groups in total. The fourth-order valence-corrected chi connectivity index (χ4v) is 3.21. The summed E-state index contributed by atoms with van der Waals surface area (Å²) in [6.45, 7) is 7.83. The molecule has 26 heavy (non-hydrogen) atoms. The average molecular weight is 351 g/mol. The van der Waals surface area contributed by atoms with Crippen molar-refractivity contribution in [2.75, 3.05) is 31.1 Å². The van der Waals surface area contributed by atoms with Crippen molar-refractivity contribution in [2.45, 2.75) is 32.7 Å². The molecule has 1 aliphatic rings. The third kappa shape index (κ3) is 5.22. The van der Waals surface area contributed by atoms with Gasteiger partial charge in [0.1, 0.15) is 0 Å². The summed E-state index contributed by atoms with van der Waals surface area (Å²) in [6, 6.07) is 15.2. The number of benzene rings is 1. The maximum Gasteiger partial charge on any atom is 0.191 e. The van der Waals surface area contributed by atoms with E-state index in [0.29, 0.717) is 6.04 Å². The minimum absolute atomic E-state index is 0.425. The van der Waals surface area contributed by atoms with Gasteiger partial charge < -0.3 is 15.5 Å². The first kappa shape index (κ1) is 18.2. The lowest BCUT2D eigenvalue weighted by Crippen LogP contribution is -2.44. The smallest absolute Gasteiger partial charge is 0.191 e. The molecule has 5 heteroatoms. The number of aliphatic imine (C=N–C) groups is 1. The van der Waals surface area contributed by atoms with Crippen LogP contribution in [0.5, 0.6) is 0 Å². The molecular weight excluding hydrogens is 322 g/mol. The van der Waals surface area contributed by atoms with E-state index in [1.807, 2.05) is 13.1 Å². The Morgan fingerprint density at radius 1 is 1.23 bits per heavy atom. The Labute approximate surface area is 156 Å². The van der Waals surface area contributed by atoms with Crippen molar-refractivity contribution >= 4 is 11.6 Å². The molecule has 1 aromatic carbocycles. The van der Waals surface area contributed by atoms with E-state index >= 15 is 0 Å². The van der Waals surface area contributed by atoms with Crippen LogP contribution >= 0.6 is 0 Å². The SMILES string of the molecule is CCNC(=NCCc1ccc(C)nc1)NC1CCN(c2ccccc2)C1. The van der Waals surface area contributed by atoms with Gasteiger partial charge in [0.2, 0.25) is 0 Å². The molecule has 0 spiro atoms. The number of aromatic nitrogens is 1. The second kappa shape index (κ2) is 9.22. The maximum atomic E-state index is 4.74. The minimum Gasteiger partial charge on any atom is -0.369 e. The molecule has 2 heterocycles. The number of anilines is 1. The quantitative estimate of drug-likeness (QED) is 0.621. The number of rotatable bonds is 6. The van der Waals surface area contributed by atoms with Crippen LogP contribution in [0, 0.1) is 6.92 Å². The first-order valence-corrected chi connectivity index (χ1v) is 9.51. The highest BCUT2D eigenvalue weighted by molar-refractivity contribution is 5.80. The van der Waals surface area contributed by atoms with Gasteiger partial charge in [-0.25, -0.2) is 0 Å². The summed E-state index contributed by atoms with van der Waals surface area (Å²) in [7, 11) is 0. The van der Waals surface area contributed by atoms with Crippen molar-refractivity contribution < 1.29 is 0 Å². The lowest BCUT2D eigenvalue weighted by Gasteiger charge is -2.20. The Hall–Kier alpha value is -2.56. The van der Waals surface area contributed by atoms with E-state index in [0.717, 1.165) is 50.7 Å². The third-order valence-electron chi connectivity index (χ3n) is 4.64. The van der Waals surface area contributed by atoms with Crippen molar-refractivity contribution in [3.05, 3.63) is 59.9 Å². The number of para-hydroxylation sites is 1. The van der Waals surface area contributed by atoms with E-state index in [9.17, 15) is 0 Å². The van der Waals surface area contributed by atoms with Crippen LogP contribution < -0.4 is 15.5 Å². The Bertz CT molecular complexity index is 696. The van der Waals surface area contributed by atoms with E-state index in [2.05, 4.69) is 69.9 Å². The Morgan fingerprint density at radius 3 is 2.81 bits per heavy atom. The number of guanidine groups is 1. The summed E-state index contributed by atoms with van der Waals surface area (Å²) in [5.74, 6) is 0.910. The predicted molar refractivity (Wildman–Crippen MR) is 109 cm³/mol. The van der Waals surface area contributed by atoms with E-state index in [-0.39, 0.29) is 0 Å². The summed E-state index contributed by atoms with van der Waals surface area (Å²) in [6.07, 6.45) is 3.98. The number of pyridine rings is 1. The number of hydrogen-bond acceptors (Lipinski definition) is 3. The van der Waals surface area contributed by atoms with Gasteiger partial charge in [0.15, 0.2) is 5.96 Å². The monoisotopic (exact) mass is 351 g/mol. The number of aryl methyl sites for hydroxylation is 1. The van der Waals surface area contributed by atoms with Gasteiger partial charge in [-0.3, -0.25) is 9.98 Å². The van der Waals surface area contributed by atoms with E-state index in [1.54, 1.807) is 0 Å². The van der Waals surface area contributed by atoms with Crippen molar-refractivity contribution in [1.29, 1.82) is 0 Å². The van der Waals surface area contributed by atoms with Crippen molar-refractivity contribution in [1.82, 2.24) is 15.6 Å². The van der Waals surface area contributed by atoms with E-state index < -0.39 is 0 Å². The number of nitrogens with one attached hydrogen (secondary N) is 2. The molecule has 1 saturated heterocycles. The number of hydrogen-bond donors (Lipinski definition) is 2. The van der Waals surface area contributed by atoms with Crippen LogP contribution in [-0.2, 0) is 6.42 Å². The standard InChI is InChI=1S/C21H29N5/c1-3-22-21(23-13-11-18-10-9-17(2)24-15-18)25-19-12-14-26(16-19)20-7-5-4-6-8-20/h4-10,15,19H,3,11-14,16H2,1-2H3,(H2,22,23,25). The average Bonchev–Trinajstić information content (AvgIpc) is 3.13. The molecule has 0 aliphatic carbocycles. The molecule has 0 radical (unpaired) electrons. The Balaban J connectivity index is 1.52. The second-order valence-electron chi connectivity index (χ2n) is 6.73. The van der Waals surface area contributed by atoms with Gasteiger partial charge in [-0.1, -0.05) is 24.3 Å². The topological polar surface area (TPSA) is 52.6 Å². The van der Waals surface area contributed by atoms with Crippen molar-refractivity contribution in [2.24, 2.45) is 4.99 Å². The lowest BCUT2D eigenvalue weighted by atomic mass is 10.2. The first-order chi connectivity index (χ1) is 12.7. The molecule has 1 aliphatic heterocycles. The van der Waals surface area contributed by atoms with E-state index in [1.165, 1.54) is 11.3 Å². The van der Waals surface area contributed by atoms with Crippen LogP contribution in [0.3, 0.4) is 0 Å². The van der Waals surface area contributed by atoms with Crippen LogP contribution in [0.2, 0.25) is 0 Å². The minimum atomic E-state index is 0.425. The zero-order valence-electron chi connectivity index (χ0n) is 15.8. The summed E-state index contributed by atoms with van der Waals surface area (Å²) in [5, 5.41) is 6.96. The van der Waals surface area contributed by atoms with Crippen LogP contribution in [-0.4, -0.2) is 43.2 Å². The molecule has 5 nitrogen and oxygen atoms in total. The Kier molecular flexibility index (Phi) is 6.47. The highest BCUT2D eigenvalue weighted by atomic mass is 15.2. The molecule has 1 aromatic heterocycles. The largest absolute Gasteiger partial charge is 0.369 e. The van der Waals surface area contributed by atoms with Gasteiger partial charge >= 0.3 is 0 Å². The zero-order chi connectivity index (χ0) is 18.2. The fourth-order valence-electron chi connectivity index (χ4n) is 3.21. The molecule has 0 saturated carbocycles. The van der Waals surface area contributed by atoms with Crippen molar-refractivity contribution in [3.63, 3.8) is 0 Å². The molecule has 138 valence electrons. The third-order valence-corrected chi connectivity index (χ3v) is 4.64. The Morgan fingerprint density at radius 2 is 2.08 bits per heavy atom. The fraction of sp³-hybridized carbons (Fsp3) is 0.429. The van der Waals surface area contributed by atoms with E-state index in [4.69, 9.17) is 4.99 Å².